The molecule has 1 aliphatic heterocycles. The van der Waals surface area contributed by atoms with Gasteiger partial charge in [-0.2, -0.15) is 13.2 Å². The number of nitrogens with zero attached hydrogens (tertiary/aromatic N) is 3. The monoisotopic (exact) mass is 391 g/mol. The predicted molar refractivity (Wildman–Crippen MR) is 101 cm³/mol. The Balaban J connectivity index is 1.75. The summed E-state index contributed by atoms with van der Waals surface area (Å²) in [6, 6.07) is 14.8. The molecule has 3 aromatic rings. The topological polar surface area (TPSA) is 29.0 Å². The largest absolute Gasteiger partial charge is 0.391 e. The number of alkyl halides is 3. The summed E-state index contributed by atoms with van der Waals surface area (Å²) in [5.41, 5.74) is 1.45. The molecule has 2 aromatic carbocycles. The zero-order valence-corrected chi connectivity index (χ0v) is 15.1. The van der Waals surface area contributed by atoms with Crippen molar-refractivity contribution in [3.63, 3.8) is 0 Å². The summed E-state index contributed by atoms with van der Waals surface area (Å²) in [7, 11) is 0. The molecule has 7 heteroatoms. The minimum absolute atomic E-state index is 0.0727. The maximum absolute atomic E-state index is 13.0. The van der Waals surface area contributed by atoms with E-state index in [1.54, 1.807) is 6.07 Å². The van der Waals surface area contributed by atoms with E-state index in [0.717, 1.165) is 10.9 Å². The highest BCUT2D eigenvalue weighted by Gasteiger charge is 2.41. The smallest absolute Gasteiger partial charge is 0.356 e. The molecule has 0 bridgehead atoms. The van der Waals surface area contributed by atoms with Crippen molar-refractivity contribution in [2.75, 3.05) is 18.0 Å². The van der Waals surface area contributed by atoms with Gasteiger partial charge in [0, 0.05) is 24.0 Å². The minimum atomic E-state index is -4.14. The molecule has 1 saturated heterocycles. The third-order valence-electron chi connectivity index (χ3n) is 4.96. The molecule has 0 radical (unpaired) electrons. The van der Waals surface area contributed by atoms with Gasteiger partial charge in [-0.15, -0.1) is 0 Å². The lowest BCUT2D eigenvalue weighted by Gasteiger charge is -2.34. The second kappa shape index (κ2) is 7.00. The first-order valence-electron chi connectivity index (χ1n) is 8.77. The van der Waals surface area contributed by atoms with E-state index in [9.17, 15) is 13.2 Å². The van der Waals surface area contributed by atoms with Crippen molar-refractivity contribution >= 4 is 28.3 Å². The summed E-state index contributed by atoms with van der Waals surface area (Å²) in [6.45, 7) is 0.625. The number of fused-ring (bicyclic) bond motifs is 1. The Hall–Kier alpha value is -2.34. The van der Waals surface area contributed by atoms with Gasteiger partial charge in [0.1, 0.15) is 5.82 Å². The molecular weight excluding hydrogens is 375 g/mol. The van der Waals surface area contributed by atoms with Gasteiger partial charge in [0.2, 0.25) is 0 Å². The Kier molecular flexibility index (Phi) is 4.68. The zero-order chi connectivity index (χ0) is 19.0. The second-order valence-corrected chi connectivity index (χ2v) is 7.08. The van der Waals surface area contributed by atoms with Gasteiger partial charge in [0.05, 0.1) is 16.5 Å². The number of benzene rings is 2. The third-order valence-corrected chi connectivity index (χ3v) is 5.28. The van der Waals surface area contributed by atoms with Gasteiger partial charge in [-0.1, -0.05) is 35.9 Å². The van der Waals surface area contributed by atoms with Crippen LogP contribution in [-0.2, 0) is 0 Å². The number of hydrogen-bond donors (Lipinski definition) is 0. The van der Waals surface area contributed by atoms with Crippen LogP contribution < -0.4 is 4.90 Å². The number of para-hydroxylation sites is 1. The summed E-state index contributed by atoms with van der Waals surface area (Å²) < 4.78 is 39.0. The van der Waals surface area contributed by atoms with Crippen LogP contribution >= 0.6 is 11.6 Å². The molecule has 0 atom stereocenters. The van der Waals surface area contributed by atoms with Crippen LogP contribution in [0, 0.1) is 5.92 Å². The standard InChI is InChI=1S/C20H17ClF3N3/c21-16-7-3-1-5-14(16)18-25-17-8-4-2-6-15(17)19(26-18)27-11-9-13(10-12-27)20(22,23)24/h1-8,13H,9-12H2. The second-order valence-electron chi connectivity index (χ2n) is 6.67. The van der Waals surface area contributed by atoms with Crippen molar-refractivity contribution in [1.29, 1.82) is 0 Å². The van der Waals surface area contributed by atoms with E-state index in [1.165, 1.54) is 0 Å². The van der Waals surface area contributed by atoms with Gasteiger partial charge in [-0.25, -0.2) is 9.97 Å². The van der Waals surface area contributed by atoms with Gasteiger partial charge in [-0.05, 0) is 37.1 Å². The molecule has 0 saturated carbocycles. The molecule has 2 heterocycles. The Labute approximate surface area is 159 Å². The zero-order valence-electron chi connectivity index (χ0n) is 14.4. The lowest BCUT2D eigenvalue weighted by atomic mass is 9.96. The van der Waals surface area contributed by atoms with Crippen molar-refractivity contribution in [1.82, 2.24) is 9.97 Å². The van der Waals surface area contributed by atoms with Crippen LogP contribution in [0.25, 0.3) is 22.3 Å². The van der Waals surface area contributed by atoms with E-state index in [-0.39, 0.29) is 12.8 Å². The number of piperidine rings is 1. The van der Waals surface area contributed by atoms with Crippen LogP contribution in [-0.4, -0.2) is 29.2 Å². The molecule has 4 rings (SSSR count). The van der Waals surface area contributed by atoms with E-state index in [4.69, 9.17) is 16.6 Å². The van der Waals surface area contributed by atoms with Crippen LogP contribution in [0.5, 0.6) is 0 Å². The molecule has 0 N–H and O–H groups in total. The molecule has 27 heavy (non-hydrogen) atoms. The van der Waals surface area contributed by atoms with Crippen LogP contribution in [0.2, 0.25) is 5.02 Å². The highest BCUT2D eigenvalue weighted by Crippen LogP contribution is 2.37. The van der Waals surface area contributed by atoms with E-state index >= 15 is 0 Å². The van der Waals surface area contributed by atoms with E-state index < -0.39 is 12.1 Å². The molecule has 1 aliphatic rings. The summed E-state index contributed by atoms with van der Waals surface area (Å²) in [5.74, 6) is -0.103. The molecule has 0 unspecified atom stereocenters. The van der Waals surface area contributed by atoms with E-state index in [1.807, 2.05) is 47.4 Å². The van der Waals surface area contributed by atoms with E-state index in [0.29, 0.717) is 35.3 Å². The number of aromatic nitrogens is 2. The van der Waals surface area contributed by atoms with Gasteiger partial charge in [0.15, 0.2) is 5.82 Å². The normalized spacial score (nSPS) is 16.1. The fraction of sp³-hybridized carbons (Fsp3) is 0.300. The first kappa shape index (κ1) is 18.0. The highest BCUT2D eigenvalue weighted by molar-refractivity contribution is 6.33. The average molecular weight is 392 g/mol. The van der Waals surface area contributed by atoms with Gasteiger partial charge >= 0.3 is 6.18 Å². The van der Waals surface area contributed by atoms with Crippen molar-refractivity contribution in [2.24, 2.45) is 5.92 Å². The number of rotatable bonds is 2. The van der Waals surface area contributed by atoms with Crippen molar-refractivity contribution in [2.45, 2.75) is 19.0 Å². The minimum Gasteiger partial charge on any atom is -0.356 e. The summed E-state index contributed by atoms with van der Waals surface area (Å²) >= 11 is 6.30. The highest BCUT2D eigenvalue weighted by atomic mass is 35.5. The fourth-order valence-electron chi connectivity index (χ4n) is 3.48. The summed E-state index contributed by atoms with van der Waals surface area (Å²) in [4.78, 5) is 11.2. The molecule has 1 fully saturated rings. The Morgan fingerprint density at radius 2 is 1.59 bits per heavy atom. The number of hydrogen-bond acceptors (Lipinski definition) is 3. The third kappa shape index (κ3) is 3.58. The lowest BCUT2D eigenvalue weighted by molar-refractivity contribution is -0.179. The summed E-state index contributed by atoms with van der Waals surface area (Å²) in [6.07, 6.45) is -3.99. The maximum atomic E-state index is 13.0. The quantitative estimate of drug-likeness (QED) is 0.558. The van der Waals surface area contributed by atoms with Crippen LogP contribution in [0.15, 0.2) is 48.5 Å². The SMILES string of the molecule is FC(F)(F)C1CCN(c2nc(-c3ccccc3Cl)nc3ccccc23)CC1. The molecule has 0 aliphatic carbocycles. The Bertz CT molecular complexity index is 966. The molecule has 1 aromatic heterocycles. The Morgan fingerprint density at radius 3 is 2.30 bits per heavy atom. The fourth-order valence-corrected chi connectivity index (χ4v) is 3.70. The lowest BCUT2D eigenvalue weighted by Crippen LogP contribution is -2.39. The van der Waals surface area contributed by atoms with Crippen molar-refractivity contribution in [3.8, 4) is 11.4 Å². The van der Waals surface area contributed by atoms with Crippen molar-refractivity contribution < 1.29 is 13.2 Å². The first-order valence-corrected chi connectivity index (χ1v) is 9.14. The number of anilines is 1. The summed E-state index contributed by atoms with van der Waals surface area (Å²) in [5, 5.41) is 1.37. The molecule has 3 nitrogen and oxygen atoms in total. The van der Waals surface area contributed by atoms with E-state index in [2.05, 4.69) is 4.98 Å². The predicted octanol–water partition coefficient (Wildman–Crippen LogP) is 5.73. The van der Waals surface area contributed by atoms with Crippen molar-refractivity contribution in [3.05, 3.63) is 53.6 Å². The van der Waals surface area contributed by atoms with Gasteiger partial charge in [-0.3, -0.25) is 0 Å². The van der Waals surface area contributed by atoms with Gasteiger partial charge < -0.3 is 4.90 Å². The number of halogens is 4. The molecule has 140 valence electrons. The molecule has 0 spiro atoms. The maximum Gasteiger partial charge on any atom is 0.391 e. The Morgan fingerprint density at radius 1 is 0.926 bits per heavy atom. The van der Waals surface area contributed by atoms with Crippen LogP contribution in [0.1, 0.15) is 12.8 Å². The first-order chi connectivity index (χ1) is 12.9. The average Bonchev–Trinajstić information content (AvgIpc) is 2.67. The van der Waals surface area contributed by atoms with Gasteiger partial charge in [0.25, 0.3) is 0 Å². The molecular formula is C20H17ClF3N3. The molecule has 0 amide bonds. The van der Waals surface area contributed by atoms with Crippen LogP contribution in [0.4, 0.5) is 19.0 Å². The van der Waals surface area contributed by atoms with Crippen LogP contribution in [0.3, 0.4) is 0 Å².